The summed E-state index contributed by atoms with van der Waals surface area (Å²) in [7, 11) is 1.74. The Labute approximate surface area is 176 Å². The summed E-state index contributed by atoms with van der Waals surface area (Å²) in [5, 5.41) is 7.75. The molecule has 1 fully saturated rings. The molecule has 27 heavy (non-hydrogen) atoms. The second-order valence-electron chi connectivity index (χ2n) is 6.58. The molecule has 1 aliphatic rings. The molecule has 1 aliphatic heterocycles. The third-order valence-corrected chi connectivity index (χ3v) is 4.82. The largest absolute Gasteiger partial charge is 0.361 e. The van der Waals surface area contributed by atoms with Gasteiger partial charge < -0.3 is 20.5 Å². The molecular formula is C19H27FIN5O. The summed E-state index contributed by atoms with van der Waals surface area (Å²) in [5.74, 6) is 0.709. The van der Waals surface area contributed by atoms with E-state index in [0.29, 0.717) is 13.0 Å². The Bertz CT molecular complexity index is 806. The number of halogens is 2. The molecular weight excluding hydrogens is 460 g/mol. The third kappa shape index (κ3) is 5.33. The fraction of sp³-hybridized carbons (Fsp3) is 0.474. The van der Waals surface area contributed by atoms with Gasteiger partial charge in [0.05, 0.1) is 0 Å². The molecule has 0 spiro atoms. The minimum atomic E-state index is -0.235. The number of amides is 1. The van der Waals surface area contributed by atoms with Gasteiger partial charge in [-0.3, -0.25) is 9.79 Å². The van der Waals surface area contributed by atoms with Gasteiger partial charge in [0.25, 0.3) is 0 Å². The van der Waals surface area contributed by atoms with Crippen LogP contribution in [0.5, 0.6) is 0 Å². The number of aromatic nitrogens is 1. The maximum atomic E-state index is 13.3. The molecule has 1 atom stereocenters. The van der Waals surface area contributed by atoms with E-state index in [4.69, 9.17) is 0 Å². The first-order valence-corrected chi connectivity index (χ1v) is 9.11. The van der Waals surface area contributed by atoms with Crippen molar-refractivity contribution in [3.8, 4) is 0 Å². The standard InChI is InChI=1S/C19H26FN5O.HI/c1-3-18(26)25-9-7-15(12-25)24-19(21-2)22-8-6-13-11-23-17-10-14(20)4-5-16(13)17;/h4-5,10-11,15,23H,3,6-9,12H2,1-2H3,(H2,21,22,24);1H. The van der Waals surface area contributed by atoms with Crippen molar-refractivity contribution in [1.82, 2.24) is 20.5 Å². The van der Waals surface area contributed by atoms with Crippen molar-refractivity contribution in [2.45, 2.75) is 32.2 Å². The van der Waals surface area contributed by atoms with Gasteiger partial charge >= 0.3 is 0 Å². The molecule has 0 radical (unpaired) electrons. The van der Waals surface area contributed by atoms with Crippen LogP contribution in [0.25, 0.3) is 10.9 Å². The van der Waals surface area contributed by atoms with Crippen molar-refractivity contribution in [2.75, 3.05) is 26.7 Å². The number of guanidine groups is 1. The first-order chi connectivity index (χ1) is 12.6. The number of aromatic amines is 1. The lowest BCUT2D eigenvalue weighted by Gasteiger charge is -2.18. The minimum Gasteiger partial charge on any atom is -0.361 e. The van der Waals surface area contributed by atoms with Crippen molar-refractivity contribution in [3.05, 3.63) is 35.8 Å². The average Bonchev–Trinajstić information content (AvgIpc) is 3.27. The summed E-state index contributed by atoms with van der Waals surface area (Å²) in [6.07, 6.45) is 4.21. The summed E-state index contributed by atoms with van der Waals surface area (Å²) in [6, 6.07) is 5.03. The molecule has 3 rings (SSSR count). The first-order valence-electron chi connectivity index (χ1n) is 9.11. The smallest absolute Gasteiger partial charge is 0.222 e. The van der Waals surface area contributed by atoms with Crippen molar-refractivity contribution in [3.63, 3.8) is 0 Å². The summed E-state index contributed by atoms with van der Waals surface area (Å²) >= 11 is 0. The topological polar surface area (TPSA) is 72.5 Å². The highest BCUT2D eigenvalue weighted by molar-refractivity contribution is 14.0. The molecule has 0 bridgehead atoms. The number of hydrogen-bond donors (Lipinski definition) is 3. The fourth-order valence-electron chi connectivity index (χ4n) is 3.40. The van der Waals surface area contributed by atoms with Crippen LogP contribution in [0.2, 0.25) is 0 Å². The molecule has 148 valence electrons. The van der Waals surface area contributed by atoms with Crippen molar-refractivity contribution < 1.29 is 9.18 Å². The molecule has 0 aliphatic carbocycles. The van der Waals surface area contributed by atoms with Gasteiger partial charge in [-0.05, 0) is 36.6 Å². The number of nitrogens with zero attached hydrogens (tertiary/aromatic N) is 2. The van der Waals surface area contributed by atoms with Crippen LogP contribution in [0.4, 0.5) is 4.39 Å². The van der Waals surface area contributed by atoms with Gasteiger partial charge in [-0.25, -0.2) is 4.39 Å². The molecule has 0 saturated carbocycles. The molecule has 6 nitrogen and oxygen atoms in total. The number of benzene rings is 1. The molecule has 1 aromatic heterocycles. The van der Waals surface area contributed by atoms with Crippen molar-refractivity contribution in [2.24, 2.45) is 4.99 Å². The molecule has 1 saturated heterocycles. The number of H-pyrrole nitrogens is 1. The van der Waals surface area contributed by atoms with E-state index in [2.05, 4.69) is 20.6 Å². The zero-order valence-corrected chi connectivity index (χ0v) is 18.0. The fourth-order valence-corrected chi connectivity index (χ4v) is 3.40. The molecule has 1 unspecified atom stereocenters. The van der Waals surface area contributed by atoms with Crippen molar-refractivity contribution in [1.29, 1.82) is 0 Å². The van der Waals surface area contributed by atoms with Crippen LogP contribution in [0.3, 0.4) is 0 Å². The summed E-state index contributed by atoms with van der Waals surface area (Å²) in [5.41, 5.74) is 1.96. The van der Waals surface area contributed by atoms with E-state index in [9.17, 15) is 9.18 Å². The highest BCUT2D eigenvalue weighted by atomic mass is 127. The molecule has 1 aromatic carbocycles. The van der Waals surface area contributed by atoms with E-state index in [-0.39, 0.29) is 41.7 Å². The quantitative estimate of drug-likeness (QED) is 0.345. The Kier molecular flexibility index (Phi) is 7.88. The minimum absolute atomic E-state index is 0. The number of fused-ring (bicyclic) bond motifs is 1. The predicted octanol–water partition coefficient (Wildman–Crippen LogP) is 2.64. The van der Waals surface area contributed by atoms with Crippen molar-refractivity contribution >= 4 is 46.7 Å². The van der Waals surface area contributed by atoms with E-state index in [1.165, 1.54) is 12.1 Å². The molecule has 8 heteroatoms. The lowest BCUT2D eigenvalue weighted by Crippen LogP contribution is -2.45. The summed E-state index contributed by atoms with van der Waals surface area (Å²) in [6.45, 7) is 4.13. The van der Waals surface area contributed by atoms with Crippen LogP contribution in [-0.2, 0) is 11.2 Å². The molecule has 1 amide bonds. The predicted molar refractivity (Wildman–Crippen MR) is 117 cm³/mol. The Morgan fingerprint density at radius 3 is 3.00 bits per heavy atom. The number of hydrogen-bond acceptors (Lipinski definition) is 2. The van der Waals surface area contributed by atoms with Gasteiger partial charge in [0.1, 0.15) is 5.82 Å². The lowest BCUT2D eigenvalue weighted by atomic mass is 10.1. The van der Waals surface area contributed by atoms with E-state index >= 15 is 0 Å². The summed E-state index contributed by atoms with van der Waals surface area (Å²) < 4.78 is 13.3. The highest BCUT2D eigenvalue weighted by Gasteiger charge is 2.25. The van der Waals surface area contributed by atoms with Gasteiger partial charge in [0, 0.05) is 56.2 Å². The Morgan fingerprint density at radius 2 is 2.26 bits per heavy atom. The normalized spacial score (nSPS) is 17.1. The van der Waals surface area contributed by atoms with Crippen LogP contribution in [0.1, 0.15) is 25.3 Å². The van der Waals surface area contributed by atoms with Gasteiger partial charge in [-0.1, -0.05) is 6.92 Å². The second-order valence-corrected chi connectivity index (χ2v) is 6.58. The number of rotatable bonds is 5. The zero-order chi connectivity index (χ0) is 18.5. The van der Waals surface area contributed by atoms with Gasteiger partial charge in [0.15, 0.2) is 5.96 Å². The highest BCUT2D eigenvalue weighted by Crippen LogP contribution is 2.19. The third-order valence-electron chi connectivity index (χ3n) is 4.82. The maximum absolute atomic E-state index is 13.3. The lowest BCUT2D eigenvalue weighted by molar-refractivity contribution is -0.129. The Balaban J connectivity index is 0.00000261. The molecule has 2 aromatic rings. The number of nitrogens with one attached hydrogen (secondary N) is 3. The number of carbonyl (C=O) groups is 1. The van der Waals surface area contributed by atoms with Crippen LogP contribution in [0.15, 0.2) is 29.4 Å². The van der Waals surface area contributed by atoms with E-state index in [1.807, 2.05) is 18.0 Å². The number of aliphatic imine (C=N–C) groups is 1. The van der Waals surface area contributed by atoms with Crippen LogP contribution >= 0.6 is 24.0 Å². The average molecular weight is 487 g/mol. The van der Waals surface area contributed by atoms with E-state index in [1.54, 1.807) is 13.1 Å². The van der Waals surface area contributed by atoms with Crippen LogP contribution in [-0.4, -0.2) is 54.5 Å². The maximum Gasteiger partial charge on any atom is 0.222 e. The number of carbonyl (C=O) groups excluding carboxylic acids is 1. The van der Waals surface area contributed by atoms with Gasteiger partial charge in [-0.2, -0.15) is 0 Å². The monoisotopic (exact) mass is 487 g/mol. The van der Waals surface area contributed by atoms with E-state index < -0.39 is 0 Å². The Hall–Kier alpha value is -1.84. The first kappa shape index (κ1) is 21.5. The number of likely N-dealkylation sites (tertiary alicyclic amines) is 1. The second kappa shape index (κ2) is 9.91. The van der Waals surface area contributed by atoms with Crippen LogP contribution < -0.4 is 10.6 Å². The van der Waals surface area contributed by atoms with Gasteiger partial charge in [-0.15, -0.1) is 24.0 Å². The van der Waals surface area contributed by atoms with Gasteiger partial charge in [0.2, 0.25) is 5.91 Å². The summed E-state index contributed by atoms with van der Waals surface area (Å²) in [4.78, 5) is 21.0. The van der Waals surface area contributed by atoms with Crippen LogP contribution in [0, 0.1) is 5.82 Å². The zero-order valence-electron chi connectivity index (χ0n) is 15.7. The molecule has 3 N–H and O–H groups in total. The Morgan fingerprint density at radius 1 is 1.44 bits per heavy atom. The molecule has 2 heterocycles. The SMILES string of the molecule is CCC(=O)N1CCC(NC(=NC)NCCc2c[nH]c3cc(F)ccc23)C1.I. The van der Waals surface area contributed by atoms with E-state index in [0.717, 1.165) is 48.4 Å².